The van der Waals surface area contributed by atoms with Crippen molar-refractivity contribution in [3.63, 3.8) is 0 Å². The fourth-order valence-corrected chi connectivity index (χ4v) is 3.06. The lowest BCUT2D eigenvalue weighted by Crippen LogP contribution is -2.39. The number of hydrogen-bond donors (Lipinski definition) is 1. The summed E-state index contributed by atoms with van der Waals surface area (Å²) < 4.78 is 25.6. The number of benzene rings is 1. The number of nitro benzene ring substituents is 1. The molecule has 1 amide bonds. The lowest BCUT2D eigenvalue weighted by Gasteiger charge is -2.17. The van der Waals surface area contributed by atoms with Crippen molar-refractivity contribution in [2.24, 2.45) is 0 Å². The van der Waals surface area contributed by atoms with Crippen LogP contribution in [0.15, 0.2) is 23.1 Å². The number of rotatable bonds is 6. The minimum atomic E-state index is -3.95. The van der Waals surface area contributed by atoms with Crippen LogP contribution in [0.25, 0.3) is 0 Å². The summed E-state index contributed by atoms with van der Waals surface area (Å²) >= 11 is 0. The Balaban J connectivity index is 2.19. The highest BCUT2D eigenvalue weighted by atomic mass is 32.2. The van der Waals surface area contributed by atoms with Crippen LogP contribution in [0.3, 0.4) is 0 Å². The van der Waals surface area contributed by atoms with Gasteiger partial charge < -0.3 is 5.32 Å². The maximum absolute atomic E-state index is 12.4. The molecule has 0 unspecified atom stereocenters. The zero-order valence-electron chi connectivity index (χ0n) is 12.3. The van der Waals surface area contributed by atoms with Gasteiger partial charge >= 0.3 is 0 Å². The smallest absolute Gasteiger partial charge is 0.273 e. The molecule has 1 N–H and O–H groups in total. The molecule has 0 saturated heterocycles. The molecule has 1 aromatic rings. The van der Waals surface area contributed by atoms with E-state index in [1.165, 1.54) is 26.1 Å². The highest BCUT2D eigenvalue weighted by molar-refractivity contribution is 7.89. The monoisotopic (exact) mass is 327 g/mol. The van der Waals surface area contributed by atoms with E-state index in [0.29, 0.717) is 5.56 Å². The van der Waals surface area contributed by atoms with Gasteiger partial charge in [0.2, 0.25) is 15.9 Å². The van der Waals surface area contributed by atoms with Gasteiger partial charge in [-0.05, 0) is 25.8 Å². The number of aryl methyl sites for hydroxylation is 1. The summed E-state index contributed by atoms with van der Waals surface area (Å²) in [5.74, 6) is -0.379. The van der Waals surface area contributed by atoms with Crippen LogP contribution in [0.5, 0.6) is 0 Å². The van der Waals surface area contributed by atoms with Crippen molar-refractivity contribution in [1.82, 2.24) is 9.62 Å². The van der Waals surface area contributed by atoms with Gasteiger partial charge in [-0.1, -0.05) is 6.07 Å². The van der Waals surface area contributed by atoms with Crippen molar-refractivity contribution >= 4 is 21.6 Å². The lowest BCUT2D eigenvalue weighted by molar-refractivity contribution is -0.385. The summed E-state index contributed by atoms with van der Waals surface area (Å²) in [6.07, 6.45) is 1.82. The minimum Gasteiger partial charge on any atom is -0.352 e. The Bertz CT molecular complexity index is 712. The van der Waals surface area contributed by atoms with Crippen molar-refractivity contribution in [1.29, 1.82) is 0 Å². The lowest BCUT2D eigenvalue weighted by atomic mass is 10.2. The topological polar surface area (TPSA) is 110 Å². The van der Waals surface area contributed by atoms with Crippen molar-refractivity contribution in [3.8, 4) is 0 Å². The summed E-state index contributed by atoms with van der Waals surface area (Å²) in [4.78, 5) is 21.8. The van der Waals surface area contributed by atoms with Crippen LogP contribution >= 0.6 is 0 Å². The molecule has 0 aromatic heterocycles. The third-order valence-corrected chi connectivity index (χ3v) is 5.19. The molecule has 2 rings (SSSR count). The molecule has 1 aliphatic rings. The van der Waals surface area contributed by atoms with Crippen LogP contribution in [0, 0.1) is 17.0 Å². The van der Waals surface area contributed by atoms with Crippen LogP contribution in [0.1, 0.15) is 18.4 Å². The Morgan fingerprint density at radius 1 is 1.45 bits per heavy atom. The molecular weight excluding hydrogens is 310 g/mol. The molecular formula is C13H17N3O5S. The first kappa shape index (κ1) is 16.4. The predicted octanol–water partition coefficient (Wildman–Crippen LogP) is 0.802. The fourth-order valence-electron chi connectivity index (χ4n) is 1.91. The highest BCUT2D eigenvalue weighted by Gasteiger charge is 2.28. The molecule has 0 heterocycles. The Morgan fingerprint density at radius 2 is 2.09 bits per heavy atom. The molecule has 0 bridgehead atoms. The third-order valence-electron chi connectivity index (χ3n) is 3.39. The van der Waals surface area contributed by atoms with Crippen LogP contribution in [-0.4, -0.2) is 43.2 Å². The molecule has 0 atom stereocenters. The zero-order valence-corrected chi connectivity index (χ0v) is 13.1. The zero-order chi connectivity index (χ0) is 16.5. The maximum Gasteiger partial charge on any atom is 0.273 e. The molecule has 0 radical (unpaired) electrons. The van der Waals surface area contributed by atoms with E-state index in [-0.39, 0.29) is 29.1 Å². The number of sulfonamides is 1. The number of amides is 1. The van der Waals surface area contributed by atoms with Gasteiger partial charge in [0.15, 0.2) is 0 Å². The summed E-state index contributed by atoms with van der Waals surface area (Å²) in [6.45, 7) is 1.21. The molecule has 9 heteroatoms. The van der Waals surface area contributed by atoms with E-state index < -0.39 is 14.9 Å². The molecule has 120 valence electrons. The van der Waals surface area contributed by atoms with Crippen LogP contribution in [0.4, 0.5) is 5.69 Å². The SMILES string of the molecule is Cc1ccc(S(=O)(=O)N(C)CC(=O)NC2CC2)cc1[N+](=O)[O-]. The van der Waals surface area contributed by atoms with Crippen molar-refractivity contribution < 1.29 is 18.1 Å². The largest absolute Gasteiger partial charge is 0.352 e. The van der Waals surface area contributed by atoms with E-state index in [2.05, 4.69) is 5.32 Å². The highest BCUT2D eigenvalue weighted by Crippen LogP contribution is 2.24. The Kier molecular flexibility index (Phi) is 4.47. The quantitative estimate of drug-likeness (QED) is 0.614. The first-order chi connectivity index (χ1) is 10.2. The molecule has 0 spiro atoms. The van der Waals surface area contributed by atoms with Gasteiger partial charge in [-0.2, -0.15) is 4.31 Å². The van der Waals surface area contributed by atoms with Gasteiger partial charge in [-0.15, -0.1) is 0 Å². The first-order valence-electron chi connectivity index (χ1n) is 6.72. The minimum absolute atomic E-state index is 0.143. The summed E-state index contributed by atoms with van der Waals surface area (Å²) in [6, 6.07) is 3.83. The third kappa shape index (κ3) is 3.60. The molecule has 0 aliphatic heterocycles. The predicted molar refractivity (Wildman–Crippen MR) is 78.8 cm³/mol. The van der Waals surface area contributed by atoms with Crippen LogP contribution in [0.2, 0.25) is 0 Å². The van der Waals surface area contributed by atoms with E-state index in [9.17, 15) is 23.3 Å². The maximum atomic E-state index is 12.4. The number of nitro groups is 1. The summed E-state index contributed by atoms with van der Waals surface area (Å²) in [5, 5.41) is 13.6. The second kappa shape index (κ2) is 6.01. The number of likely N-dealkylation sites (N-methyl/N-ethyl adjacent to an activating group) is 1. The normalized spacial score (nSPS) is 14.9. The van der Waals surface area contributed by atoms with Gasteiger partial charge in [-0.25, -0.2) is 8.42 Å². The second-order valence-electron chi connectivity index (χ2n) is 5.31. The Hall–Kier alpha value is -2.00. The molecule has 22 heavy (non-hydrogen) atoms. The second-order valence-corrected chi connectivity index (χ2v) is 7.35. The van der Waals surface area contributed by atoms with Crippen LogP contribution in [-0.2, 0) is 14.8 Å². The molecule has 1 fully saturated rings. The number of carbonyl (C=O) groups is 1. The van der Waals surface area contributed by atoms with Crippen molar-refractivity contribution in [3.05, 3.63) is 33.9 Å². The first-order valence-corrected chi connectivity index (χ1v) is 8.16. The Labute approximate surface area is 128 Å². The number of nitrogens with zero attached hydrogens (tertiary/aromatic N) is 2. The molecule has 1 saturated carbocycles. The Morgan fingerprint density at radius 3 is 2.64 bits per heavy atom. The van der Waals surface area contributed by atoms with Gasteiger partial charge in [0.1, 0.15) is 0 Å². The standard InChI is InChI=1S/C13H17N3O5S/c1-9-3-6-11(7-12(9)16(18)19)22(20,21)15(2)8-13(17)14-10-4-5-10/h3,6-7,10H,4-5,8H2,1-2H3,(H,14,17). The van der Waals surface area contributed by atoms with E-state index in [0.717, 1.165) is 23.2 Å². The van der Waals surface area contributed by atoms with Crippen LogP contribution < -0.4 is 5.32 Å². The average molecular weight is 327 g/mol. The number of carbonyl (C=O) groups excluding carboxylic acids is 1. The van der Waals surface area contributed by atoms with E-state index in [1.807, 2.05) is 0 Å². The van der Waals surface area contributed by atoms with E-state index >= 15 is 0 Å². The fraction of sp³-hybridized carbons (Fsp3) is 0.462. The molecule has 1 aliphatic carbocycles. The molecule has 1 aromatic carbocycles. The number of nitrogens with one attached hydrogen (secondary N) is 1. The summed E-state index contributed by atoms with van der Waals surface area (Å²) in [5.41, 5.74) is 0.106. The summed E-state index contributed by atoms with van der Waals surface area (Å²) in [7, 11) is -2.68. The van der Waals surface area contributed by atoms with E-state index in [1.54, 1.807) is 0 Å². The van der Waals surface area contributed by atoms with E-state index in [4.69, 9.17) is 0 Å². The van der Waals surface area contributed by atoms with Crippen molar-refractivity contribution in [2.45, 2.75) is 30.7 Å². The number of hydrogen-bond acceptors (Lipinski definition) is 5. The molecule has 8 nitrogen and oxygen atoms in total. The van der Waals surface area contributed by atoms with Gasteiger partial charge in [0.05, 0.1) is 16.4 Å². The van der Waals surface area contributed by atoms with Crippen molar-refractivity contribution in [2.75, 3.05) is 13.6 Å². The van der Waals surface area contributed by atoms with Gasteiger partial charge in [0.25, 0.3) is 5.69 Å². The van der Waals surface area contributed by atoms with Gasteiger partial charge in [-0.3, -0.25) is 14.9 Å². The average Bonchev–Trinajstić information content (AvgIpc) is 3.22. The van der Waals surface area contributed by atoms with Gasteiger partial charge in [0, 0.05) is 24.7 Å².